The molecule has 2 aliphatic heterocycles. The van der Waals surface area contributed by atoms with Gasteiger partial charge in [-0.25, -0.2) is 0 Å². The van der Waals surface area contributed by atoms with E-state index in [4.69, 9.17) is 5.73 Å². The van der Waals surface area contributed by atoms with E-state index in [0.29, 0.717) is 12.1 Å². The number of fused-ring (bicyclic) bond motifs is 2. The number of alkyl halides is 3. The molecular formula is C15H19F3N2. The number of benzene rings is 1. The molecule has 110 valence electrons. The van der Waals surface area contributed by atoms with Gasteiger partial charge < -0.3 is 10.6 Å². The highest BCUT2D eigenvalue weighted by Gasteiger charge is 2.37. The van der Waals surface area contributed by atoms with E-state index in [1.54, 1.807) is 12.1 Å². The van der Waals surface area contributed by atoms with Crippen molar-refractivity contribution in [1.82, 2.24) is 0 Å². The summed E-state index contributed by atoms with van der Waals surface area (Å²) in [5.74, 6) is 0. The topological polar surface area (TPSA) is 29.3 Å². The van der Waals surface area contributed by atoms with E-state index in [9.17, 15) is 13.2 Å². The van der Waals surface area contributed by atoms with Gasteiger partial charge in [0.15, 0.2) is 0 Å². The first kappa shape index (κ1) is 13.7. The van der Waals surface area contributed by atoms with E-state index in [2.05, 4.69) is 4.90 Å². The lowest BCUT2D eigenvalue weighted by Gasteiger charge is -2.49. The number of nitrogens with zero attached hydrogens (tertiary/aromatic N) is 1. The maximum absolute atomic E-state index is 12.6. The third-order valence-corrected chi connectivity index (χ3v) is 4.50. The summed E-state index contributed by atoms with van der Waals surface area (Å²) >= 11 is 0. The smallest absolute Gasteiger partial charge is 0.365 e. The molecular weight excluding hydrogens is 265 g/mol. The van der Waals surface area contributed by atoms with Gasteiger partial charge >= 0.3 is 6.18 Å². The second-order valence-corrected chi connectivity index (χ2v) is 5.92. The standard InChI is InChI=1S/C15H19F3N2/c16-15(17,18)10-4-6-12(7-5-10)20-13-2-1-3-14(20)9-11(19)8-13/h4-7,11,13-14H,1-3,8-9,19H2. The normalized spacial score (nSPS) is 30.4. The summed E-state index contributed by atoms with van der Waals surface area (Å²) in [4.78, 5) is 2.30. The molecule has 0 aromatic heterocycles. The summed E-state index contributed by atoms with van der Waals surface area (Å²) < 4.78 is 37.8. The predicted molar refractivity (Wildman–Crippen MR) is 72.6 cm³/mol. The molecule has 1 aromatic rings. The van der Waals surface area contributed by atoms with Gasteiger partial charge in [-0.2, -0.15) is 13.2 Å². The van der Waals surface area contributed by atoms with Crippen molar-refractivity contribution in [3.8, 4) is 0 Å². The van der Waals surface area contributed by atoms with Crippen LogP contribution in [0, 0.1) is 0 Å². The molecule has 0 spiro atoms. The minimum Gasteiger partial charge on any atom is -0.365 e. The molecule has 2 aliphatic rings. The first-order valence-electron chi connectivity index (χ1n) is 7.16. The highest BCUT2D eigenvalue weighted by Crippen LogP contribution is 2.38. The van der Waals surface area contributed by atoms with Crippen LogP contribution in [0.4, 0.5) is 18.9 Å². The Balaban J connectivity index is 1.85. The summed E-state index contributed by atoms with van der Waals surface area (Å²) in [7, 11) is 0. The van der Waals surface area contributed by atoms with E-state index < -0.39 is 11.7 Å². The van der Waals surface area contributed by atoms with Crippen LogP contribution in [0.15, 0.2) is 24.3 Å². The number of nitrogens with two attached hydrogens (primary N) is 1. The van der Waals surface area contributed by atoms with E-state index in [1.165, 1.54) is 18.6 Å². The van der Waals surface area contributed by atoms with Gasteiger partial charge in [0, 0.05) is 23.8 Å². The van der Waals surface area contributed by atoms with Crippen LogP contribution >= 0.6 is 0 Å². The molecule has 20 heavy (non-hydrogen) atoms. The largest absolute Gasteiger partial charge is 0.416 e. The summed E-state index contributed by atoms with van der Waals surface area (Å²) in [6.07, 6.45) is 0.989. The van der Waals surface area contributed by atoms with Crippen LogP contribution in [0.2, 0.25) is 0 Å². The Morgan fingerprint density at radius 3 is 2.05 bits per heavy atom. The lowest BCUT2D eigenvalue weighted by molar-refractivity contribution is -0.137. The van der Waals surface area contributed by atoms with Crippen LogP contribution in [0.5, 0.6) is 0 Å². The van der Waals surface area contributed by atoms with Gasteiger partial charge in [0.05, 0.1) is 5.56 Å². The monoisotopic (exact) mass is 284 g/mol. The molecule has 2 unspecified atom stereocenters. The average Bonchev–Trinajstić information content (AvgIpc) is 2.37. The number of anilines is 1. The van der Waals surface area contributed by atoms with Gasteiger partial charge in [-0.05, 0) is 56.4 Å². The molecule has 0 saturated carbocycles. The second-order valence-electron chi connectivity index (χ2n) is 5.92. The zero-order chi connectivity index (χ0) is 14.3. The number of rotatable bonds is 1. The first-order valence-corrected chi connectivity index (χ1v) is 7.16. The van der Waals surface area contributed by atoms with Crippen molar-refractivity contribution in [3.05, 3.63) is 29.8 Å². The maximum Gasteiger partial charge on any atom is 0.416 e. The number of hydrogen-bond donors (Lipinski definition) is 1. The summed E-state index contributed by atoms with van der Waals surface area (Å²) in [5.41, 5.74) is 6.39. The Kier molecular flexibility index (Phi) is 3.40. The molecule has 5 heteroatoms. The average molecular weight is 284 g/mol. The lowest BCUT2D eigenvalue weighted by atomic mass is 9.81. The molecule has 2 bridgehead atoms. The van der Waals surface area contributed by atoms with Gasteiger partial charge in [-0.15, -0.1) is 0 Å². The molecule has 2 saturated heterocycles. The van der Waals surface area contributed by atoms with Crippen LogP contribution < -0.4 is 10.6 Å². The van der Waals surface area contributed by atoms with Crippen LogP contribution in [0.25, 0.3) is 0 Å². The van der Waals surface area contributed by atoms with Crippen molar-refractivity contribution < 1.29 is 13.2 Å². The Bertz CT molecular complexity index is 455. The van der Waals surface area contributed by atoms with Crippen molar-refractivity contribution in [1.29, 1.82) is 0 Å². The summed E-state index contributed by atoms with van der Waals surface area (Å²) in [5, 5.41) is 0. The SMILES string of the molecule is NC1CC2CCCC(C1)N2c1ccc(C(F)(F)F)cc1. The third kappa shape index (κ3) is 2.51. The van der Waals surface area contributed by atoms with Crippen molar-refractivity contribution in [3.63, 3.8) is 0 Å². The quantitative estimate of drug-likeness (QED) is 0.854. The van der Waals surface area contributed by atoms with Gasteiger partial charge in [0.1, 0.15) is 0 Å². The van der Waals surface area contributed by atoms with Gasteiger partial charge in [0.25, 0.3) is 0 Å². The maximum atomic E-state index is 12.6. The Morgan fingerprint density at radius 2 is 1.55 bits per heavy atom. The van der Waals surface area contributed by atoms with Crippen molar-refractivity contribution >= 4 is 5.69 Å². The zero-order valence-corrected chi connectivity index (χ0v) is 11.2. The van der Waals surface area contributed by atoms with E-state index in [1.807, 2.05) is 0 Å². The highest BCUT2D eigenvalue weighted by atomic mass is 19.4. The van der Waals surface area contributed by atoms with E-state index in [-0.39, 0.29) is 6.04 Å². The lowest BCUT2D eigenvalue weighted by Crippen LogP contribution is -2.55. The Labute approximate surface area is 116 Å². The summed E-state index contributed by atoms with van der Waals surface area (Å²) in [6, 6.07) is 6.56. The first-order chi connectivity index (χ1) is 9.45. The Morgan fingerprint density at radius 1 is 1.00 bits per heavy atom. The molecule has 0 radical (unpaired) electrons. The molecule has 2 nitrogen and oxygen atoms in total. The fraction of sp³-hybridized carbons (Fsp3) is 0.600. The van der Waals surface area contributed by atoms with Crippen LogP contribution in [0.1, 0.15) is 37.7 Å². The summed E-state index contributed by atoms with van der Waals surface area (Å²) in [6.45, 7) is 0. The minimum absolute atomic E-state index is 0.232. The van der Waals surface area contributed by atoms with E-state index >= 15 is 0 Å². The fourth-order valence-corrected chi connectivity index (χ4v) is 3.67. The molecule has 2 N–H and O–H groups in total. The van der Waals surface area contributed by atoms with Gasteiger partial charge in [0.2, 0.25) is 0 Å². The molecule has 0 amide bonds. The molecule has 2 heterocycles. The number of piperidine rings is 2. The molecule has 2 fully saturated rings. The van der Waals surface area contributed by atoms with E-state index in [0.717, 1.165) is 31.4 Å². The third-order valence-electron chi connectivity index (χ3n) is 4.50. The molecule has 0 aliphatic carbocycles. The van der Waals surface area contributed by atoms with Crippen LogP contribution in [-0.4, -0.2) is 18.1 Å². The number of halogens is 3. The van der Waals surface area contributed by atoms with Crippen LogP contribution in [-0.2, 0) is 6.18 Å². The van der Waals surface area contributed by atoms with Crippen molar-refractivity contribution in [2.24, 2.45) is 5.73 Å². The second kappa shape index (κ2) is 4.95. The van der Waals surface area contributed by atoms with Gasteiger partial charge in [-0.1, -0.05) is 0 Å². The van der Waals surface area contributed by atoms with Gasteiger partial charge in [-0.3, -0.25) is 0 Å². The zero-order valence-electron chi connectivity index (χ0n) is 11.2. The van der Waals surface area contributed by atoms with Crippen LogP contribution in [0.3, 0.4) is 0 Å². The molecule has 2 atom stereocenters. The molecule has 3 rings (SSSR count). The fourth-order valence-electron chi connectivity index (χ4n) is 3.67. The molecule has 1 aromatic carbocycles. The predicted octanol–water partition coefficient (Wildman–Crippen LogP) is 3.55. The minimum atomic E-state index is -4.27. The van der Waals surface area contributed by atoms with Crippen molar-refractivity contribution in [2.45, 2.75) is 56.4 Å². The Hall–Kier alpha value is -1.23. The highest BCUT2D eigenvalue weighted by molar-refractivity contribution is 5.51. The number of hydrogen-bond acceptors (Lipinski definition) is 2. The van der Waals surface area contributed by atoms with Crippen molar-refractivity contribution in [2.75, 3.05) is 4.90 Å².